The maximum Gasteiger partial charge on any atom is 0.100 e. The van der Waals surface area contributed by atoms with E-state index in [1.54, 1.807) is 6.08 Å². The van der Waals surface area contributed by atoms with Crippen LogP contribution in [0.3, 0.4) is 0 Å². The van der Waals surface area contributed by atoms with E-state index in [0.717, 1.165) is 6.54 Å². The van der Waals surface area contributed by atoms with Crippen LogP contribution in [0.25, 0.3) is 0 Å². The molecular formula is C7H18N2O4. The summed E-state index contributed by atoms with van der Waals surface area (Å²) in [7, 11) is 4.02. The Kier molecular flexibility index (Phi) is 23.4. The van der Waals surface area contributed by atoms with Gasteiger partial charge >= 0.3 is 0 Å². The van der Waals surface area contributed by atoms with E-state index in [0.29, 0.717) is 6.61 Å². The molecular weight excluding hydrogens is 176 g/mol. The molecule has 0 rings (SSSR count). The lowest BCUT2D eigenvalue weighted by Gasteiger charge is -2.00. The molecule has 0 aliphatic heterocycles. The van der Waals surface area contributed by atoms with Gasteiger partial charge < -0.3 is 25.3 Å². The van der Waals surface area contributed by atoms with Crippen molar-refractivity contribution < 1.29 is 15.1 Å². The minimum absolute atomic E-state index is 0.294. The number of likely N-dealkylation sites (N-methyl/N-ethyl adjacent to an activating group) is 1. The highest BCUT2D eigenvalue weighted by atomic mass is 16.9. The van der Waals surface area contributed by atoms with Crippen molar-refractivity contribution in [3.63, 3.8) is 0 Å². The van der Waals surface area contributed by atoms with Crippen molar-refractivity contribution in [3.05, 3.63) is 28.0 Å². The van der Waals surface area contributed by atoms with Crippen molar-refractivity contribution in [2.24, 2.45) is 0 Å². The second kappa shape index (κ2) is 17.1. The fourth-order valence-electron chi connectivity index (χ4n) is 0.224. The SMILES string of the molecule is C=CC.C[NH+](C)CCO.O=[N+]([O-])[O-]. The van der Waals surface area contributed by atoms with Gasteiger partial charge in [-0.15, -0.1) is 6.58 Å². The maximum absolute atomic E-state index is 8.25. The summed E-state index contributed by atoms with van der Waals surface area (Å²) >= 11 is 0. The smallest absolute Gasteiger partial charge is 0.100 e. The Labute approximate surface area is 78.2 Å². The Hall–Kier alpha value is -1.14. The van der Waals surface area contributed by atoms with Gasteiger partial charge in [-0.3, -0.25) is 0 Å². The van der Waals surface area contributed by atoms with E-state index in [2.05, 4.69) is 6.58 Å². The fraction of sp³-hybridized carbons (Fsp3) is 0.714. The zero-order valence-corrected chi connectivity index (χ0v) is 8.32. The molecule has 0 atom stereocenters. The topological polar surface area (TPSA) is 90.9 Å². The third-order valence-corrected chi connectivity index (χ3v) is 0.612. The Balaban J connectivity index is -0.000000125. The molecule has 0 saturated heterocycles. The first-order chi connectivity index (χ1) is 5.92. The van der Waals surface area contributed by atoms with Crippen molar-refractivity contribution >= 4 is 0 Å². The van der Waals surface area contributed by atoms with Crippen LogP contribution in [0.2, 0.25) is 0 Å². The number of hydrogen-bond acceptors (Lipinski definition) is 4. The number of allylic oxidation sites excluding steroid dienone is 1. The molecule has 0 aromatic rings. The Morgan fingerprint density at radius 2 is 1.77 bits per heavy atom. The van der Waals surface area contributed by atoms with Crippen LogP contribution in [-0.4, -0.2) is 37.4 Å². The van der Waals surface area contributed by atoms with Crippen LogP contribution in [0.4, 0.5) is 0 Å². The number of nitrogens with one attached hydrogen (secondary N) is 1. The molecule has 13 heavy (non-hydrogen) atoms. The number of rotatable bonds is 2. The summed E-state index contributed by atoms with van der Waals surface area (Å²) in [5.41, 5.74) is 0. The van der Waals surface area contributed by atoms with Gasteiger partial charge in [0.15, 0.2) is 0 Å². The molecule has 0 fully saturated rings. The molecule has 0 heterocycles. The van der Waals surface area contributed by atoms with Gasteiger partial charge in [0, 0.05) is 0 Å². The summed E-state index contributed by atoms with van der Waals surface area (Å²) < 4.78 is 0. The quantitative estimate of drug-likeness (QED) is 0.338. The molecule has 6 nitrogen and oxygen atoms in total. The minimum atomic E-state index is -1.75. The zero-order valence-electron chi connectivity index (χ0n) is 8.32. The van der Waals surface area contributed by atoms with Crippen molar-refractivity contribution in [2.45, 2.75) is 6.92 Å². The summed E-state index contributed by atoms with van der Waals surface area (Å²) in [5.74, 6) is 0. The summed E-state index contributed by atoms with van der Waals surface area (Å²) in [6.45, 7) is 6.39. The number of nitrogens with zero attached hydrogens (tertiary/aromatic N) is 1. The van der Waals surface area contributed by atoms with Gasteiger partial charge in [0.05, 0.1) is 25.8 Å². The largest absolute Gasteiger partial charge is 0.391 e. The van der Waals surface area contributed by atoms with Gasteiger partial charge in [-0.2, -0.15) is 0 Å². The summed E-state index contributed by atoms with van der Waals surface area (Å²) in [6, 6.07) is 0. The first-order valence-corrected chi connectivity index (χ1v) is 3.70. The molecule has 80 valence electrons. The zero-order chi connectivity index (χ0) is 11.3. The molecule has 6 heteroatoms. The second-order valence-electron chi connectivity index (χ2n) is 2.31. The van der Waals surface area contributed by atoms with Crippen LogP contribution >= 0.6 is 0 Å². The van der Waals surface area contributed by atoms with E-state index < -0.39 is 5.09 Å². The number of quaternary nitrogens is 1. The summed E-state index contributed by atoms with van der Waals surface area (Å²) in [6.07, 6.45) is 1.75. The molecule has 0 amide bonds. The van der Waals surface area contributed by atoms with E-state index in [-0.39, 0.29) is 0 Å². The number of aliphatic hydroxyl groups is 1. The lowest BCUT2D eigenvalue weighted by Crippen LogP contribution is -3.06. The van der Waals surface area contributed by atoms with Crippen LogP contribution in [0.1, 0.15) is 6.92 Å². The summed E-state index contributed by atoms with van der Waals surface area (Å²) in [4.78, 5) is 9.54. The Bertz CT molecular complexity index is 113. The van der Waals surface area contributed by atoms with E-state index in [4.69, 9.17) is 20.4 Å². The first kappa shape index (κ1) is 17.8. The van der Waals surface area contributed by atoms with Gasteiger partial charge in [-0.1, -0.05) is 6.08 Å². The molecule has 0 spiro atoms. The number of aliphatic hydroxyl groups excluding tert-OH is 1. The number of hydrogen-bond donors (Lipinski definition) is 2. The van der Waals surface area contributed by atoms with Crippen LogP contribution in [-0.2, 0) is 0 Å². The van der Waals surface area contributed by atoms with Crippen LogP contribution in [0, 0.1) is 15.3 Å². The molecule has 0 saturated carbocycles. The molecule has 0 unspecified atom stereocenters. The van der Waals surface area contributed by atoms with Gasteiger partial charge in [-0.25, -0.2) is 0 Å². The molecule has 2 N–H and O–H groups in total. The lowest BCUT2D eigenvalue weighted by atomic mass is 10.6. The van der Waals surface area contributed by atoms with Crippen LogP contribution in [0.15, 0.2) is 12.7 Å². The lowest BCUT2D eigenvalue weighted by molar-refractivity contribution is -0.858. The monoisotopic (exact) mass is 194 g/mol. The Morgan fingerprint density at radius 3 is 1.77 bits per heavy atom. The molecule has 0 aliphatic rings. The third-order valence-electron chi connectivity index (χ3n) is 0.612. The maximum atomic E-state index is 8.25. The Morgan fingerprint density at radius 1 is 1.54 bits per heavy atom. The highest BCUT2D eigenvalue weighted by Crippen LogP contribution is 1.44. The average Bonchev–Trinajstić information content (AvgIpc) is 1.86. The van der Waals surface area contributed by atoms with E-state index in [1.807, 2.05) is 21.0 Å². The van der Waals surface area contributed by atoms with Crippen molar-refractivity contribution in [1.82, 2.24) is 0 Å². The molecule has 0 aromatic carbocycles. The van der Waals surface area contributed by atoms with E-state index >= 15 is 0 Å². The predicted octanol–water partition coefficient (Wildman–Crippen LogP) is -0.924. The van der Waals surface area contributed by atoms with Gasteiger partial charge in [0.1, 0.15) is 6.54 Å². The average molecular weight is 194 g/mol. The van der Waals surface area contributed by atoms with Gasteiger partial charge in [0.25, 0.3) is 0 Å². The van der Waals surface area contributed by atoms with Crippen molar-refractivity contribution in [3.8, 4) is 0 Å². The highest BCUT2D eigenvalue weighted by molar-refractivity contribution is 4.51. The van der Waals surface area contributed by atoms with Gasteiger partial charge in [-0.05, 0) is 6.92 Å². The van der Waals surface area contributed by atoms with E-state index in [9.17, 15) is 0 Å². The molecule has 0 aromatic heterocycles. The molecule has 0 aliphatic carbocycles. The van der Waals surface area contributed by atoms with Crippen molar-refractivity contribution in [1.29, 1.82) is 0 Å². The van der Waals surface area contributed by atoms with E-state index in [1.165, 1.54) is 4.90 Å². The summed E-state index contributed by atoms with van der Waals surface area (Å²) in [5, 5.41) is 23.0. The standard InChI is InChI=1S/C4H11NO.C3H6.NO3/c1-5(2)3-4-6;1-3-2;2-1(3)4/h6H,3-4H2,1-2H3;3H,1H2,2H3;/q;;-1/p+1. The molecule has 0 radical (unpaired) electrons. The van der Waals surface area contributed by atoms with Crippen LogP contribution < -0.4 is 4.90 Å². The van der Waals surface area contributed by atoms with Crippen LogP contribution in [0.5, 0.6) is 0 Å². The van der Waals surface area contributed by atoms with Gasteiger partial charge in [0.2, 0.25) is 0 Å². The molecule has 0 bridgehead atoms. The third kappa shape index (κ3) is 246. The normalized spacial score (nSPS) is 7.46. The van der Waals surface area contributed by atoms with Crippen molar-refractivity contribution in [2.75, 3.05) is 27.2 Å². The highest BCUT2D eigenvalue weighted by Gasteiger charge is 1.84. The second-order valence-corrected chi connectivity index (χ2v) is 2.31. The predicted molar refractivity (Wildman–Crippen MR) is 51.0 cm³/mol. The first-order valence-electron chi connectivity index (χ1n) is 3.70. The fourth-order valence-corrected chi connectivity index (χ4v) is 0.224. The minimum Gasteiger partial charge on any atom is -0.391 e.